The van der Waals surface area contributed by atoms with Gasteiger partial charge in [0.05, 0.1) is 18.2 Å². The number of ether oxygens (including phenoxy) is 1. The van der Waals surface area contributed by atoms with Gasteiger partial charge in [0.2, 0.25) is 0 Å². The quantitative estimate of drug-likeness (QED) is 0.407. The van der Waals surface area contributed by atoms with Gasteiger partial charge in [0.15, 0.2) is 0 Å². The highest BCUT2D eigenvalue weighted by Crippen LogP contribution is 2.21. The van der Waals surface area contributed by atoms with E-state index in [4.69, 9.17) is 4.74 Å². The molecule has 8 heteroatoms. The summed E-state index contributed by atoms with van der Waals surface area (Å²) in [7, 11) is 1.62. The molecule has 0 aliphatic carbocycles. The minimum absolute atomic E-state index is 0.0482. The molecular weight excluding hydrogens is 348 g/mol. The number of fused-ring (bicyclic) bond motifs is 1. The van der Waals surface area contributed by atoms with E-state index in [0.717, 1.165) is 22.1 Å². The number of rotatable bonds is 5. The average molecular weight is 364 g/mol. The number of hydrogen-bond acceptors (Lipinski definition) is 5. The molecule has 0 aliphatic rings. The van der Waals surface area contributed by atoms with Crippen LogP contribution in [0, 0.1) is 10.1 Å². The van der Waals surface area contributed by atoms with Crippen molar-refractivity contribution >= 4 is 34.4 Å². The van der Waals surface area contributed by atoms with E-state index in [1.165, 1.54) is 30.5 Å². The van der Waals surface area contributed by atoms with Crippen LogP contribution in [0.3, 0.4) is 0 Å². The van der Waals surface area contributed by atoms with E-state index in [1.54, 1.807) is 7.11 Å². The molecule has 0 heterocycles. The first-order valence-corrected chi connectivity index (χ1v) is 7.97. The molecule has 0 saturated carbocycles. The summed E-state index contributed by atoms with van der Waals surface area (Å²) in [6.07, 6.45) is 1.53. The van der Waals surface area contributed by atoms with E-state index in [9.17, 15) is 14.9 Å². The number of urea groups is 1. The zero-order valence-electron chi connectivity index (χ0n) is 14.4. The topological polar surface area (TPSA) is 106 Å². The lowest BCUT2D eigenvalue weighted by Crippen LogP contribution is -2.24. The van der Waals surface area contributed by atoms with Crippen LogP contribution in [0.1, 0.15) is 5.56 Å². The molecule has 2 amide bonds. The number of methoxy groups -OCH3 is 1. The first-order valence-electron chi connectivity index (χ1n) is 7.97. The minimum Gasteiger partial charge on any atom is -0.497 e. The van der Waals surface area contributed by atoms with Crippen LogP contribution >= 0.6 is 0 Å². The number of non-ortho nitro benzene ring substituents is 1. The van der Waals surface area contributed by atoms with Crippen molar-refractivity contribution in [1.82, 2.24) is 5.43 Å². The van der Waals surface area contributed by atoms with Gasteiger partial charge in [-0.3, -0.25) is 10.1 Å². The molecule has 27 heavy (non-hydrogen) atoms. The van der Waals surface area contributed by atoms with Crippen LogP contribution in [0.4, 0.5) is 16.2 Å². The molecule has 0 atom stereocenters. The minimum atomic E-state index is -0.550. The molecule has 0 bridgehead atoms. The van der Waals surface area contributed by atoms with E-state index in [2.05, 4.69) is 15.8 Å². The van der Waals surface area contributed by atoms with Crippen LogP contribution in [0.2, 0.25) is 0 Å². The van der Waals surface area contributed by atoms with Gasteiger partial charge in [-0.15, -0.1) is 0 Å². The summed E-state index contributed by atoms with van der Waals surface area (Å²) in [6, 6.07) is 16.5. The number of carbonyl (C=O) groups excluding carboxylic acids is 1. The maximum Gasteiger partial charge on any atom is 0.339 e. The van der Waals surface area contributed by atoms with Gasteiger partial charge >= 0.3 is 6.03 Å². The number of carbonyl (C=O) groups is 1. The summed E-state index contributed by atoms with van der Waals surface area (Å²) in [5.74, 6) is 0.786. The van der Waals surface area contributed by atoms with Crippen molar-refractivity contribution in [3.8, 4) is 5.75 Å². The standard InChI is InChI=1S/C19H16N4O4/c1-27-18-9-4-14-10-13(2-3-15(14)11-18)12-20-22-19(24)21-16-5-7-17(8-6-16)23(25)26/h2-12H,1H3,(H2,21,22,24). The molecule has 3 aromatic rings. The number of nitro benzene ring substituents is 1. The van der Waals surface area contributed by atoms with Crippen molar-refractivity contribution in [3.05, 3.63) is 76.3 Å². The predicted octanol–water partition coefficient (Wildman–Crippen LogP) is 3.91. The van der Waals surface area contributed by atoms with Crippen LogP contribution in [0.15, 0.2) is 65.8 Å². The Bertz CT molecular complexity index is 1020. The van der Waals surface area contributed by atoms with Gasteiger partial charge in [0.25, 0.3) is 5.69 Å². The number of nitro groups is 1. The Kier molecular flexibility index (Phi) is 5.27. The lowest BCUT2D eigenvalue weighted by Gasteiger charge is -2.04. The maximum atomic E-state index is 11.8. The summed E-state index contributed by atoms with van der Waals surface area (Å²) in [4.78, 5) is 21.9. The highest BCUT2D eigenvalue weighted by molar-refractivity contribution is 5.93. The summed E-state index contributed by atoms with van der Waals surface area (Å²) >= 11 is 0. The van der Waals surface area contributed by atoms with Gasteiger partial charge in [-0.2, -0.15) is 5.10 Å². The number of nitrogens with one attached hydrogen (secondary N) is 2. The smallest absolute Gasteiger partial charge is 0.339 e. The Balaban J connectivity index is 1.60. The predicted molar refractivity (Wildman–Crippen MR) is 103 cm³/mol. The SMILES string of the molecule is COc1ccc2cc(C=NNC(=O)Nc3ccc([N+](=O)[O-])cc3)ccc2c1. The molecule has 0 saturated heterocycles. The van der Waals surface area contributed by atoms with Gasteiger partial charge in [-0.25, -0.2) is 10.2 Å². The van der Waals surface area contributed by atoms with E-state index in [-0.39, 0.29) is 5.69 Å². The summed E-state index contributed by atoms with van der Waals surface area (Å²) in [5.41, 5.74) is 3.55. The molecule has 136 valence electrons. The number of hydrogen-bond donors (Lipinski definition) is 2. The Morgan fingerprint density at radius 2 is 1.78 bits per heavy atom. The van der Waals surface area contributed by atoms with Gasteiger partial charge in [-0.1, -0.05) is 18.2 Å². The zero-order chi connectivity index (χ0) is 19.2. The molecule has 3 rings (SSSR count). The fraction of sp³-hybridized carbons (Fsp3) is 0.0526. The monoisotopic (exact) mass is 364 g/mol. The van der Waals surface area contributed by atoms with Gasteiger partial charge in [-0.05, 0) is 46.7 Å². The molecule has 2 N–H and O–H groups in total. The van der Waals surface area contributed by atoms with Gasteiger partial charge in [0.1, 0.15) is 5.75 Å². The van der Waals surface area contributed by atoms with Crippen LogP contribution < -0.4 is 15.5 Å². The van der Waals surface area contributed by atoms with Crippen molar-refractivity contribution in [2.45, 2.75) is 0 Å². The average Bonchev–Trinajstić information content (AvgIpc) is 2.68. The highest BCUT2D eigenvalue weighted by Gasteiger charge is 2.05. The largest absolute Gasteiger partial charge is 0.497 e. The second-order valence-electron chi connectivity index (χ2n) is 5.60. The van der Waals surface area contributed by atoms with E-state index in [1.807, 2.05) is 36.4 Å². The van der Waals surface area contributed by atoms with Crippen LogP contribution in [0.5, 0.6) is 5.75 Å². The molecule has 0 fully saturated rings. The van der Waals surface area contributed by atoms with Gasteiger partial charge in [0, 0.05) is 17.8 Å². The Morgan fingerprint density at radius 3 is 2.48 bits per heavy atom. The first kappa shape index (κ1) is 17.9. The van der Waals surface area contributed by atoms with Crippen molar-refractivity contribution < 1.29 is 14.5 Å². The number of nitrogens with zero attached hydrogens (tertiary/aromatic N) is 2. The number of anilines is 1. The summed E-state index contributed by atoms with van der Waals surface area (Å²) < 4.78 is 5.20. The number of hydrazone groups is 1. The molecule has 0 aliphatic heterocycles. The molecule has 0 unspecified atom stereocenters. The lowest BCUT2D eigenvalue weighted by atomic mass is 10.1. The molecule has 3 aromatic carbocycles. The van der Waals surface area contributed by atoms with Crippen molar-refractivity contribution in [2.75, 3.05) is 12.4 Å². The van der Waals surface area contributed by atoms with E-state index < -0.39 is 11.0 Å². The van der Waals surface area contributed by atoms with Gasteiger partial charge < -0.3 is 10.1 Å². The lowest BCUT2D eigenvalue weighted by molar-refractivity contribution is -0.384. The third-order valence-corrected chi connectivity index (χ3v) is 3.79. The van der Waals surface area contributed by atoms with Crippen LogP contribution in [-0.2, 0) is 0 Å². The molecular formula is C19H16N4O4. The fourth-order valence-corrected chi connectivity index (χ4v) is 2.44. The second kappa shape index (κ2) is 7.96. The number of benzene rings is 3. The molecule has 8 nitrogen and oxygen atoms in total. The Morgan fingerprint density at radius 1 is 1.07 bits per heavy atom. The highest BCUT2D eigenvalue weighted by atomic mass is 16.6. The second-order valence-corrected chi connectivity index (χ2v) is 5.60. The van der Waals surface area contributed by atoms with Crippen molar-refractivity contribution in [2.24, 2.45) is 5.10 Å². The Hall–Kier alpha value is -3.94. The van der Waals surface area contributed by atoms with Crippen molar-refractivity contribution in [3.63, 3.8) is 0 Å². The summed E-state index contributed by atoms with van der Waals surface area (Å²) in [6.45, 7) is 0. The zero-order valence-corrected chi connectivity index (χ0v) is 14.4. The maximum absolute atomic E-state index is 11.8. The van der Waals surface area contributed by atoms with Crippen LogP contribution in [0.25, 0.3) is 10.8 Å². The number of amides is 2. The van der Waals surface area contributed by atoms with E-state index in [0.29, 0.717) is 5.69 Å². The molecule has 0 aromatic heterocycles. The first-order chi connectivity index (χ1) is 13.0. The normalized spacial score (nSPS) is 10.7. The summed E-state index contributed by atoms with van der Waals surface area (Å²) in [5, 5.41) is 19.1. The molecule has 0 radical (unpaired) electrons. The van der Waals surface area contributed by atoms with Crippen LogP contribution in [-0.4, -0.2) is 24.3 Å². The third kappa shape index (κ3) is 4.57. The molecule has 0 spiro atoms. The third-order valence-electron chi connectivity index (χ3n) is 3.79. The fourth-order valence-electron chi connectivity index (χ4n) is 2.44. The Labute approximate surface area is 154 Å². The van der Waals surface area contributed by atoms with E-state index >= 15 is 0 Å². The van der Waals surface area contributed by atoms with Crippen molar-refractivity contribution in [1.29, 1.82) is 0 Å².